The third kappa shape index (κ3) is 4.67. The fourth-order valence-corrected chi connectivity index (χ4v) is 2.74. The van der Waals surface area contributed by atoms with Crippen LogP contribution in [0.15, 0.2) is 60.1 Å². The maximum atomic E-state index is 12.1. The van der Waals surface area contributed by atoms with Gasteiger partial charge in [-0.1, -0.05) is 18.2 Å². The van der Waals surface area contributed by atoms with Crippen LogP contribution in [0, 0.1) is 6.92 Å². The molecule has 0 radical (unpaired) electrons. The van der Waals surface area contributed by atoms with Crippen molar-refractivity contribution in [2.75, 3.05) is 17.2 Å². The van der Waals surface area contributed by atoms with E-state index in [9.17, 15) is 9.59 Å². The number of benzene rings is 2. The number of hydrogen-bond donors (Lipinski definition) is 2. The van der Waals surface area contributed by atoms with E-state index in [4.69, 9.17) is 4.74 Å². The first kappa shape index (κ1) is 17.6. The van der Waals surface area contributed by atoms with Crippen LogP contribution in [-0.2, 0) is 4.79 Å². The Bertz CT molecular complexity index is 893. The van der Waals surface area contributed by atoms with E-state index in [1.165, 1.54) is 11.3 Å². The Hall–Kier alpha value is -3.19. The molecule has 1 heterocycles. The molecule has 0 aliphatic rings. The molecule has 2 aromatic carbocycles. The number of hydrogen-bond acceptors (Lipinski definition) is 5. The fourth-order valence-electron chi connectivity index (χ4n) is 2.22. The van der Waals surface area contributed by atoms with Gasteiger partial charge in [-0.15, -0.1) is 11.3 Å². The summed E-state index contributed by atoms with van der Waals surface area (Å²) in [6.45, 7) is 1.83. The molecule has 2 N–H and O–H groups in total. The quantitative estimate of drug-likeness (QED) is 0.696. The van der Waals surface area contributed by atoms with Gasteiger partial charge in [0.05, 0.1) is 0 Å². The average molecular weight is 367 g/mol. The second-order valence-corrected chi connectivity index (χ2v) is 6.37. The third-order valence-corrected chi connectivity index (χ3v) is 4.22. The number of aromatic nitrogens is 1. The van der Waals surface area contributed by atoms with Crippen molar-refractivity contribution in [3.63, 3.8) is 0 Å². The molecule has 0 spiro atoms. The molecule has 132 valence electrons. The molecule has 0 aliphatic carbocycles. The Balaban J connectivity index is 1.53. The van der Waals surface area contributed by atoms with Gasteiger partial charge in [-0.3, -0.25) is 14.9 Å². The fraction of sp³-hybridized carbons (Fsp3) is 0.105. The average Bonchev–Trinajstić information content (AvgIpc) is 3.14. The van der Waals surface area contributed by atoms with Gasteiger partial charge in [0.1, 0.15) is 5.75 Å². The second-order valence-electron chi connectivity index (χ2n) is 5.47. The lowest BCUT2D eigenvalue weighted by Crippen LogP contribution is -2.20. The summed E-state index contributed by atoms with van der Waals surface area (Å²) in [4.78, 5) is 28.1. The topological polar surface area (TPSA) is 80.3 Å². The molecule has 3 aromatic rings. The van der Waals surface area contributed by atoms with Crippen LogP contribution >= 0.6 is 11.3 Å². The Morgan fingerprint density at radius 2 is 1.85 bits per heavy atom. The summed E-state index contributed by atoms with van der Waals surface area (Å²) in [7, 11) is 0. The smallest absolute Gasteiger partial charge is 0.262 e. The highest BCUT2D eigenvalue weighted by atomic mass is 32.1. The number of anilines is 2. The lowest BCUT2D eigenvalue weighted by Gasteiger charge is -2.09. The normalized spacial score (nSPS) is 10.2. The van der Waals surface area contributed by atoms with Crippen molar-refractivity contribution in [1.82, 2.24) is 4.98 Å². The third-order valence-electron chi connectivity index (χ3n) is 3.54. The number of nitrogens with zero attached hydrogens (tertiary/aromatic N) is 1. The Morgan fingerprint density at radius 1 is 1.08 bits per heavy atom. The molecule has 0 saturated heterocycles. The molecule has 26 heavy (non-hydrogen) atoms. The van der Waals surface area contributed by atoms with Crippen LogP contribution in [0.2, 0.25) is 0 Å². The lowest BCUT2D eigenvalue weighted by atomic mass is 10.2. The van der Waals surface area contributed by atoms with Crippen LogP contribution in [0.3, 0.4) is 0 Å². The molecule has 7 heteroatoms. The summed E-state index contributed by atoms with van der Waals surface area (Å²) in [6, 6.07) is 14.1. The Labute approximate surface area is 154 Å². The number of para-hydroxylation sites is 1. The Kier molecular flexibility index (Phi) is 5.60. The highest BCUT2D eigenvalue weighted by Crippen LogP contribution is 2.17. The van der Waals surface area contributed by atoms with Crippen LogP contribution in [0.5, 0.6) is 5.75 Å². The maximum Gasteiger partial charge on any atom is 0.262 e. The van der Waals surface area contributed by atoms with Crippen molar-refractivity contribution in [3.05, 3.63) is 71.2 Å². The van der Waals surface area contributed by atoms with Crippen LogP contribution in [0.4, 0.5) is 10.8 Å². The van der Waals surface area contributed by atoms with Crippen molar-refractivity contribution >= 4 is 34.0 Å². The first-order valence-electron chi connectivity index (χ1n) is 7.91. The number of carbonyl (C=O) groups excluding carboxylic acids is 2. The molecule has 0 atom stereocenters. The number of aryl methyl sites for hydroxylation is 1. The second kappa shape index (κ2) is 8.26. The van der Waals surface area contributed by atoms with Gasteiger partial charge in [-0.05, 0) is 42.8 Å². The van der Waals surface area contributed by atoms with Gasteiger partial charge in [-0.2, -0.15) is 0 Å². The zero-order chi connectivity index (χ0) is 18.4. The summed E-state index contributed by atoms with van der Waals surface area (Å²) in [5.74, 6) is 0.158. The summed E-state index contributed by atoms with van der Waals surface area (Å²) < 4.78 is 5.51. The lowest BCUT2D eigenvalue weighted by molar-refractivity contribution is -0.118. The number of amides is 2. The monoisotopic (exact) mass is 367 g/mol. The van der Waals surface area contributed by atoms with E-state index in [2.05, 4.69) is 15.6 Å². The highest BCUT2D eigenvalue weighted by molar-refractivity contribution is 7.13. The van der Waals surface area contributed by atoms with Gasteiger partial charge in [0.2, 0.25) is 0 Å². The summed E-state index contributed by atoms with van der Waals surface area (Å²) >= 11 is 1.35. The van der Waals surface area contributed by atoms with Crippen molar-refractivity contribution in [2.45, 2.75) is 6.92 Å². The van der Waals surface area contributed by atoms with Crippen molar-refractivity contribution in [2.24, 2.45) is 0 Å². The molecule has 0 saturated carbocycles. The molecular weight excluding hydrogens is 350 g/mol. The molecule has 3 rings (SSSR count). The van der Waals surface area contributed by atoms with E-state index in [1.54, 1.807) is 35.8 Å². The first-order chi connectivity index (χ1) is 12.6. The minimum absolute atomic E-state index is 0.0862. The minimum atomic E-state index is -0.270. The van der Waals surface area contributed by atoms with E-state index >= 15 is 0 Å². The van der Waals surface area contributed by atoms with Gasteiger partial charge in [0.15, 0.2) is 11.7 Å². The van der Waals surface area contributed by atoms with E-state index < -0.39 is 0 Å². The van der Waals surface area contributed by atoms with E-state index in [0.717, 1.165) is 5.56 Å². The van der Waals surface area contributed by atoms with Crippen LogP contribution in [0.1, 0.15) is 15.9 Å². The molecule has 0 fully saturated rings. The van der Waals surface area contributed by atoms with E-state index in [0.29, 0.717) is 22.1 Å². The van der Waals surface area contributed by atoms with Crippen molar-refractivity contribution < 1.29 is 14.3 Å². The van der Waals surface area contributed by atoms with Crippen LogP contribution < -0.4 is 15.4 Å². The number of nitrogens with one attached hydrogen (secondary N) is 2. The zero-order valence-corrected chi connectivity index (χ0v) is 14.9. The molecule has 0 bridgehead atoms. The SMILES string of the molecule is Cc1ccccc1OCC(=O)Nc1ccc(C(=O)Nc2nccs2)cc1. The molecule has 1 aromatic heterocycles. The maximum absolute atomic E-state index is 12.1. The molecule has 0 aliphatic heterocycles. The number of carbonyl (C=O) groups is 2. The van der Waals surface area contributed by atoms with E-state index in [1.807, 2.05) is 31.2 Å². The van der Waals surface area contributed by atoms with Crippen LogP contribution in [0.25, 0.3) is 0 Å². The van der Waals surface area contributed by atoms with Crippen molar-refractivity contribution in [1.29, 1.82) is 0 Å². The minimum Gasteiger partial charge on any atom is -0.483 e. The van der Waals surface area contributed by atoms with Gasteiger partial charge in [0.25, 0.3) is 11.8 Å². The zero-order valence-electron chi connectivity index (χ0n) is 14.1. The van der Waals surface area contributed by atoms with Crippen molar-refractivity contribution in [3.8, 4) is 5.75 Å². The number of rotatable bonds is 6. The summed E-state index contributed by atoms with van der Waals surface area (Å²) in [6.07, 6.45) is 1.62. The number of ether oxygens (including phenoxy) is 1. The van der Waals surface area contributed by atoms with Gasteiger partial charge < -0.3 is 10.1 Å². The standard InChI is InChI=1S/C19H17N3O3S/c1-13-4-2-3-5-16(13)25-12-17(23)21-15-8-6-14(7-9-15)18(24)22-19-20-10-11-26-19/h2-11H,12H2,1H3,(H,21,23)(H,20,22,24). The summed E-state index contributed by atoms with van der Waals surface area (Å²) in [5, 5.41) is 7.77. The molecule has 0 unspecified atom stereocenters. The van der Waals surface area contributed by atoms with Gasteiger partial charge >= 0.3 is 0 Å². The molecule has 6 nitrogen and oxygen atoms in total. The molecular formula is C19H17N3O3S. The number of thiazole rings is 1. The summed E-state index contributed by atoms with van der Waals surface area (Å²) in [5.41, 5.74) is 2.04. The first-order valence-corrected chi connectivity index (χ1v) is 8.79. The Morgan fingerprint density at radius 3 is 2.54 bits per heavy atom. The van der Waals surface area contributed by atoms with Gasteiger partial charge in [-0.25, -0.2) is 4.98 Å². The van der Waals surface area contributed by atoms with Crippen LogP contribution in [-0.4, -0.2) is 23.4 Å². The predicted molar refractivity (Wildman–Crippen MR) is 102 cm³/mol. The largest absolute Gasteiger partial charge is 0.483 e. The molecule has 2 amide bonds. The highest BCUT2D eigenvalue weighted by Gasteiger charge is 2.09. The van der Waals surface area contributed by atoms with E-state index in [-0.39, 0.29) is 18.4 Å². The van der Waals surface area contributed by atoms with Gasteiger partial charge in [0, 0.05) is 22.8 Å². The predicted octanol–water partition coefficient (Wildman–Crippen LogP) is 3.72.